The van der Waals surface area contributed by atoms with Crippen LogP contribution in [0.1, 0.15) is 40.0 Å². The first-order valence-electron chi connectivity index (χ1n) is 6.97. The summed E-state index contributed by atoms with van der Waals surface area (Å²) >= 11 is 0. The molecule has 5 atom stereocenters. The molecule has 0 amide bonds. The van der Waals surface area contributed by atoms with Gasteiger partial charge in [0.15, 0.2) is 0 Å². The molecule has 106 valence electrons. The molecule has 2 aliphatic rings. The van der Waals surface area contributed by atoms with Gasteiger partial charge >= 0.3 is 5.97 Å². The van der Waals surface area contributed by atoms with E-state index in [4.69, 9.17) is 4.74 Å². The van der Waals surface area contributed by atoms with Crippen LogP contribution in [0.5, 0.6) is 0 Å². The molecule has 0 saturated carbocycles. The number of ketones is 1. The van der Waals surface area contributed by atoms with Crippen molar-refractivity contribution in [2.75, 3.05) is 0 Å². The smallest absolute Gasteiger partial charge is 0.309 e. The zero-order valence-electron chi connectivity index (χ0n) is 11.8. The molecule has 0 bridgehead atoms. The fraction of sp³-hybridized carbons (Fsp3) is 0.733. The zero-order chi connectivity index (χ0) is 14.2. The minimum atomic E-state index is -0.580. The van der Waals surface area contributed by atoms with Gasteiger partial charge in [0, 0.05) is 18.3 Å². The predicted octanol–water partition coefficient (Wildman–Crippen LogP) is 1.86. The van der Waals surface area contributed by atoms with Gasteiger partial charge in [0.25, 0.3) is 0 Å². The Morgan fingerprint density at radius 1 is 1.32 bits per heavy atom. The molecule has 0 aromatic carbocycles. The number of aliphatic hydroxyl groups excluding tert-OH is 1. The molecule has 1 aliphatic heterocycles. The van der Waals surface area contributed by atoms with Crippen LogP contribution >= 0.6 is 0 Å². The van der Waals surface area contributed by atoms with Crippen LogP contribution in [0.3, 0.4) is 0 Å². The van der Waals surface area contributed by atoms with E-state index in [1.165, 1.54) is 0 Å². The molecule has 1 fully saturated rings. The molecule has 0 aromatic heterocycles. The Labute approximate surface area is 113 Å². The Bertz CT molecular complexity index is 412. The fourth-order valence-electron chi connectivity index (χ4n) is 3.11. The average Bonchev–Trinajstić information content (AvgIpc) is 2.60. The van der Waals surface area contributed by atoms with E-state index >= 15 is 0 Å². The van der Waals surface area contributed by atoms with E-state index in [-0.39, 0.29) is 35.6 Å². The monoisotopic (exact) mass is 266 g/mol. The first kappa shape index (κ1) is 14.3. The number of hydrogen-bond acceptors (Lipinski definition) is 4. The number of hydrogen-bond donors (Lipinski definition) is 1. The highest BCUT2D eigenvalue weighted by molar-refractivity contribution is 5.82. The lowest BCUT2D eigenvalue weighted by atomic mass is 9.79. The third kappa shape index (κ3) is 2.89. The SMILES string of the molecule is C/C1=C\CC(=O)C(C)C[C@H]2OC(=O)[C@H](C)C2[C@@H](O)C1. The Kier molecular flexibility index (Phi) is 4.09. The first-order chi connectivity index (χ1) is 8.90. The molecular formula is C15H22O4. The van der Waals surface area contributed by atoms with E-state index < -0.39 is 6.10 Å². The molecule has 19 heavy (non-hydrogen) atoms. The molecule has 1 heterocycles. The summed E-state index contributed by atoms with van der Waals surface area (Å²) in [4.78, 5) is 23.7. The van der Waals surface area contributed by atoms with Crippen LogP contribution in [0.2, 0.25) is 0 Å². The van der Waals surface area contributed by atoms with Crippen molar-refractivity contribution in [2.24, 2.45) is 17.8 Å². The summed E-state index contributed by atoms with van der Waals surface area (Å²) in [7, 11) is 0. The second-order valence-electron chi connectivity index (χ2n) is 5.97. The van der Waals surface area contributed by atoms with E-state index in [9.17, 15) is 14.7 Å². The lowest BCUT2D eigenvalue weighted by Crippen LogP contribution is -2.34. The fourth-order valence-corrected chi connectivity index (χ4v) is 3.11. The summed E-state index contributed by atoms with van der Waals surface area (Å²) in [5, 5.41) is 10.4. The topological polar surface area (TPSA) is 63.6 Å². The van der Waals surface area contributed by atoms with Gasteiger partial charge in [-0.2, -0.15) is 0 Å². The highest BCUT2D eigenvalue weighted by atomic mass is 16.6. The molecule has 2 unspecified atom stereocenters. The normalized spacial score (nSPS) is 43.2. The number of rotatable bonds is 0. The number of carbonyl (C=O) groups excluding carboxylic acids is 2. The molecule has 1 saturated heterocycles. The molecule has 0 spiro atoms. The zero-order valence-corrected chi connectivity index (χ0v) is 11.8. The van der Waals surface area contributed by atoms with E-state index in [2.05, 4.69) is 0 Å². The van der Waals surface area contributed by atoms with Gasteiger partial charge in [-0.15, -0.1) is 0 Å². The second-order valence-corrected chi connectivity index (χ2v) is 5.97. The summed E-state index contributed by atoms with van der Waals surface area (Å²) in [6, 6.07) is 0. The summed E-state index contributed by atoms with van der Waals surface area (Å²) < 4.78 is 5.36. The Morgan fingerprint density at radius 3 is 2.68 bits per heavy atom. The van der Waals surface area contributed by atoms with E-state index in [0.29, 0.717) is 19.3 Å². The van der Waals surface area contributed by atoms with Gasteiger partial charge < -0.3 is 9.84 Å². The summed E-state index contributed by atoms with van der Waals surface area (Å²) in [6.45, 7) is 5.58. The first-order valence-corrected chi connectivity index (χ1v) is 6.97. The lowest BCUT2D eigenvalue weighted by Gasteiger charge is -2.27. The van der Waals surface area contributed by atoms with Crippen molar-refractivity contribution in [3.63, 3.8) is 0 Å². The van der Waals surface area contributed by atoms with Gasteiger partial charge in [0.2, 0.25) is 0 Å². The van der Waals surface area contributed by atoms with Gasteiger partial charge in [-0.05, 0) is 19.8 Å². The third-order valence-corrected chi connectivity index (χ3v) is 4.41. The van der Waals surface area contributed by atoms with Gasteiger partial charge in [-0.25, -0.2) is 0 Å². The van der Waals surface area contributed by atoms with Crippen LogP contribution in [0.4, 0.5) is 0 Å². The Hall–Kier alpha value is -1.16. The highest BCUT2D eigenvalue weighted by Crippen LogP contribution is 2.37. The van der Waals surface area contributed by atoms with E-state index in [1.54, 1.807) is 6.92 Å². The van der Waals surface area contributed by atoms with Gasteiger partial charge in [-0.1, -0.05) is 25.5 Å². The minimum absolute atomic E-state index is 0.139. The maximum Gasteiger partial charge on any atom is 0.309 e. The van der Waals surface area contributed by atoms with E-state index in [0.717, 1.165) is 5.57 Å². The number of allylic oxidation sites excluding steroid dienone is 1. The van der Waals surface area contributed by atoms with Gasteiger partial charge in [0.1, 0.15) is 11.9 Å². The number of Topliss-reactive ketones (excluding diaryl/α,β-unsaturated/α-hetero) is 1. The minimum Gasteiger partial charge on any atom is -0.462 e. The lowest BCUT2D eigenvalue weighted by molar-refractivity contribution is -0.145. The molecular weight excluding hydrogens is 244 g/mol. The van der Waals surface area contributed by atoms with E-state index in [1.807, 2.05) is 19.9 Å². The number of esters is 1. The summed E-state index contributed by atoms with van der Waals surface area (Å²) in [5.41, 5.74) is 1.00. The van der Waals surface area contributed by atoms with Crippen LogP contribution < -0.4 is 0 Å². The molecule has 0 radical (unpaired) electrons. The molecule has 0 aromatic rings. The van der Waals surface area contributed by atoms with Crippen LogP contribution in [0.15, 0.2) is 11.6 Å². The number of aliphatic hydroxyl groups is 1. The number of carbonyl (C=O) groups is 2. The van der Waals surface area contributed by atoms with Crippen molar-refractivity contribution in [3.8, 4) is 0 Å². The van der Waals surface area contributed by atoms with Crippen molar-refractivity contribution in [1.29, 1.82) is 0 Å². The second kappa shape index (κ2) is 5.45. The maximum absolute atomic E-state index is 12.0. The Morgan fingerprint density at radius 2 is 2.00 bits per heavy atom. The predicted molar refractivity (Wildman–Crippen MR) is 70.3 cm³/mol. The van der Waals surface area contributed by atoms with Crippen LogP contribution in [-0.2, 0) is 14.3 Å². The van der Waals surface area contributed by atoms with Crippen molar-refractivity contribution in [2.45, 2.75) is 52.2 Å². The van der Waals surface area contributed by atoms with Crippen molar-refractivity contribution in [3.05, 3.63) is 11.6 Å². The van der Waals surface area contributed by atoms with Crippen LogP contribution in [0, 0.1) is 17.8 Å². The van der Waals surface area contributed by atoms with Gasteiger partial charge in [-0.3, -0.25) is 9.59 Å². The molecule has 2 rings (SSSR count). The van der Waals surface area contributed by atoms with Crippen molar-refractivity contribution < 1.29 is 19.4 Å². The average molecular weight is 266 g/mol. The number of ether oxygens (including phenoxy) is 1. The molecule has 4 nitrogen and oxygen atoms in total. The van der Waals surface area contributed by atoms with Crippen molar-refractivity contribution in [1.82, 2.24) is 0 Å². The van der Waals surface area contributed by atoms with Crippen molar-refractivity contribution >= 4 is 11.8 Å². The van der Waals surface area contributed by atoms with Crippen LogP contribution in [0.25, 0.3) is 0 Å². The highest BCUT2D eigenvalue weighted by Gasteiger charge is 2.46. The number of fused-ring (bicyclic) bond motifs is 1. The molecule has 1 N–H and O–H groups in total. The standard InChI is InChI=1S/C15H22O4/c1-8-4-5-11(16)9(2)7-13-14(12(17)6-8)10(3)15(18)19-13/h4,9-10,12-14,17H,5-7H2,1-3H3/b8-4+/t9?,10-,12+,13-,14?/m1/s1. The summed E-state index contributed by atoms with van der Waals surface area (Å²) in [5.74, 6) is -0.724. The molecule has 1 aliphatic carbocycles. The largest absolute Gasteiger partial charge is 0.462 e. The maximum atomic E-state index is 12.0. The van der Waals surface area contributed by atoms with Crippen LogP contribution in [-0.4, -0.2) is 29.1 Å². The quantitative estimate of drug-likeness (QED) is 0.537. The summed E-state index contributed by atoms with van der Waals surface area (Å²) in [6.07, 6.45) is 2.41. The third-order valence-electron chi connectivity index (χ3n) is 4.41. The Balaban J connectivity index is 2.28. The van der Waals surface area contributed by atoms with Gasteiger partial charge in [0.05, 0.1) is 12.0 Å². The molecule has 4 heteroatoms.